The monoisotopic (exact) mass is 247 g/mol. The largest absolute Gasteiger partial charge is 0.0883 e. The summed E-state index contributed by atoms with van der Waals surface area (Å²) >= 11 is 3.38. The maximum absolute atomic E-state index is 3.38. The van der Waals surface area contributed by atoms with E-state index in [4.69, 9.17) is 0 Å². The third kappa shape index (κ3) is 1.98. The van der Waals surface area contributed by atoms with Crippen molar-refractivity contribution in [3.63, 3.8) is 0 Å². The van der Waals surface area contributed by atoms with E-state index >= 15 is 0 Å². The van der Waals surface area contributed by atoms with E-state index in [0.717, 1.165) is 11.8 Å². The fourth-order valence-corrected chi connectivity index (χ4v) is 2.00. The van der Waals surface area contributed by atoms with Crippen LogP contribution in [0.25, 0.3) is 0 Å². The molecule has 0 aliphatic heterocycles. The Labute approximate surface area is 93.5 Å². The van der Waals surface area contributed by atoms with Gasteiger partial charge in [-0.15, -0.1) is 0 Å². The molecule has 0 fully saturated rings. The Bertz CT molecular complexity index is 363. The van der Waals surface area contributed by atoms with E-state index in [9.17, 15) is 0 Å². The van der Waals surface area contributed by atoms with Crippen LogP contribution in [0.15, 0.2) is 42.5 Å². The molecule has 0 amide bonds. The Balaban J connectivity index is 2.11. The molecule has 0 bridgehead atoms. The third-order valence-corrected chi connectivity index (χ3v) is 2.82. The van der Waals surface area contributed by atoms with Crippen LogP contribution in [0.3, 0.4) is 0 Å². The number of alkyl halides is 1. The standard InChI is InChI=1S/C13H12Br/c14-10-4-3-6-12-9-8-11-5-1-2-7-13(11)12/h1-5,7,9,12H,6,10H2/b4-3+. The van der Waals surface area contributed by atoms with Crippen molar-refractivity contribution in [3.8, 4) is 0 Å². The highest BCUT2D eigenvalue weighted by atomic mass is 79.9. The van der Waals surface area contributed by atoms with Gasteiger partial charge in [-0.1, -0.05) is 58.4 Å². The number of allylic oxidation sites excluding steroid dienone is 3. The van der Waals surface area contributed by atoms with E-state index in [2.05, 4.69) is 64.5 Å². The van der Waals surface area contributed by atoms with E-state index in [1.807, 2.05) is 0 Å². The van der Waals surface area contributed by atoms with Crippen LogP contribution in [0.1, 0.15) is 23.5 Å². The van der Waals surface area contributed by atoms with Gasteiger partial charge in [0.25, 0.3) is 0 Å². The molecule has 1 radical (unpaired) electrons. The summed E-state index contributed by atoms with van der Waals surface area (Å²) in [4.78, 5) is 0. The van der Waals surface area contributed by atoms with Crippen LogP contribution < -0.4 is 0 Å². The molecule has 1 heteroatoms. The van der Waals surface area contributed by atoms with E-state index < -0.39 is 0 Å². The van der Waals surface area contributed by atoms with E-state index in [1.54, 1.807) is 0 Å². The zero-order valence-electron chi connectivity index (χ0n) is 7.91. The molecule has 0 saturated carbocycles. The molecule has 1 atom stereocenters. The summed E-state index contributed by atoms with van der Waals surface area (Å²) in [6, 6.07) is 8.48. The molecule has 0 nitrogen and oxygen atoms in total. The van der Waals surface area contributed by atoms with Crippen LogP contribution in [0.2, 0.25) is 0 Å². The van der Waals surface area contributed by atoms with E-state index in [-0.39, 0.29) is 0 Å². The zero-order chi connectivity index (χ0) is 9.80. The highest BCUT2D eigenvalue weighted by molar-refractivity contribution is 9.09. The molecule has 0 heterocycles. The molecule has 1 unspecified atom stereocenters. The predicted octanol–water partition coefficient (Wildman–Crippen LogP) is 3.83. The van der Waals surface area contributed by atoms with Gasteiger partial charge in [-0.3, -0.25) is 0 Å². The number of hydrogen-bond donors (Lipinski definition) is 0. The van der Waals surface area contributed by atoms with Crippen molar-refractivity contribution in [2.45, 2.75) is 12.3 Å². The summed E-state index contributed by atoms with van der Waals surface area (Å²) in [6.07, 6.45) is 10.9. The van der Waals surface area contributed by atoms with Crippen molar-refractivity contribution in [2.24, 2.45) is 0 Å². The summed E-state index contributed by atoms with van der Waals surface area (Å²) in [7, 11) is 0. The van der Waals surface area contributed by atoms with Crippen LogP contribution in [0.4, 0.5) is 0 Å². The molecule has 71 valence electrons. The first kappa shape index (κ1) is 9.72. The fraction of sp³-hybridized carbons (Fsp3) is 0.231. The van der Waals surface area contributed by atoms with Crippen LogP contribution in [0.5, 0.6) is 0 Å². The van der Waals surface area contributed by atoms with Crippen molar-refractivity contribution in [1.29, 1.82) is 0 Å². The normalized spacial score (nSPS) is 19.1. The zero-order valence-corrected chi connectivity index (χ0v) is 9.50. The molecule has 0 N–H and O–H groups in total. The molecular weight excluding hydrogens is 236 g/mol. The molecule has 1 aliphatic rings. The topological polar surface area (TPSA) is 0 Å². The van der Waals surface area contributed by atoms with Crippen molar-refractivity contribution in [2.75, 3.05) is 5.33 Å². The first-order chi connectivity index (χ1) is 6.92. The van der Waals surface area contributed by atoms with Gasteiger partial charge in [0, 0.05) is 11.2 Å². The summed E-state index contributed by atoms with van der Waals surface area (Å²) < 4.78 is 0. The van der Waals surface area contributed by atoms with Gasteiger partial charge in [0.2, 0.25) is 0 Å². The Kier molecular flexibility index (Phi) is 3.20. The second-order valence-corrected chi connectivity index (χ2v) is 4.01. The first-order valence-electron chi connectivity index (χ1n) is 4.81. The highest BCUT2D eigenvalue weighted by Gasteiger charge is 2.14. The van der Waals surface area contributed by atoms with Gasteiger partial charge in [-0.25, -0.2) is 0 Å². The SMILES string of the molecule is BrC/C=C/CC1C=[C]c2ccccc21. The summed E-state index contributed by atoms with van der Waals surface area (Å²) in [5.41, 5.74) is 2.66. The molecular formula is C13H12Br. The molecule has 14 heavy (non-hydrogen) atoms. The second kappa shape index (κ2) is 4.61. The van der Waals surface area contributed by atoms with Gasteiger partial charge >= 0.3 is 0 Å². The molecule has 0 aromatic heterocycles. The Morgan fingerprint density at radius 1 is 1.29 bits per heavy atom. The van der Waals surface area contributed by atoms with Gasteiger partial charge in [-0.2, -0.15) is 0 Å². The second-order valence-electron chi connectivity index (χ2n) is 3.37. The number of benzene rings is 1. The van der Waals surface area contributed by atoms with Gasteiger partial charge in [0.1, 0.15) is 0 Å². The lowest BCUT2D eigenvalue weighted by molar-refractivity contribution is 0.878. The molecule has 2 rings (SSSR count). The minimum absolute atomic E-state index is 0.529. The van der Waals surface area contributed by atoms with E-state index in [1.165, 1.54) is 11.1 Å². The highest BCUT2D eigenvalue weighted by Crippen LogP contribution is 2.30. The van der Waals surface area contributed by atoms with Gasteiger partial charge < -0.3 is 0 Å². The average molecular weight is 248 g/mol. The Hall–Kier alpha value is -0.820. The van der Waals surface area contributed by atoms with Gasteiger partial charge in [0.15, 0.2) is 0 Å². The van der Waals surface area contributed by atoms with Crippen molar-refractivity contribution < 1.29 is 0 Å². The number of rotatable bonds is 3. The number of hydrogen-bond acceptors (Lipinski definition) is 0. The van der Waals surface area contributed by atoms with Gasteiger partial charge in [0.05, 0.1) is 0 Å². The minimum Gasteiger partial charge on any atom is -0.0883 e. The van der Waals surface area contributed by atoms with Crippen LogP contribution >= 0.6 is 15.9 Å². The lowest BCUT2D eigenvalue weighted by Gasteiger charge is -2.07. The average Bonchev–Trinajstić information content (AvgIpc) is 2.63. The Morgan fingerprint density at radius 2 is 2.14 bits per heavy atom. The van der Waals surface area contributed by atoms with Crippen LogP contribution in [-0.2, 0) is 0 Å². The van der Waals surface area contributed by atoms with Crippen LogP contribution in [0, 0.1) is 6.08 Å². The van der Waals surface area contributed by atoms with Gasteiger partial charge in [-0.05, 0) is 23.6 Å². The smallest absolute Gasteiger partial charge is 0.0212 e. The van der Waals surface area contributed by atoms with Crippen molar-refractivity contribution >= 4 is 15.9 Å². The maximum atomic E-state index is 3.38. The van der Waals surface area contributed by atoms with E-state index in [0.29, 0.717) is 5.92 Å². The fourth-order valence-electron chi connectivity index (χ4n) is 1.73. The molecule has 0 saturated heterocycles. The summed E-state index contributed by atoms with van der Waals surface area (Å²) in [5.74, 6) is 0.529. The molecule has 0 spiro atoms. The lowest BCUT2D eigenvalue weighted by Crippen LogP contribution is -1.90. The Morgan fingerprint density at radius 3 is 3.00 bits per heavy atom. The summed E-state index contributed by atoms with van der Waals surface area (Å²) in [5, 5.41) is 0.939. The quantitative estimate of drug-likeness (QED) is 0.563. The van der Waals surface area contributed by atoms with Crippen LogP contribution in [-0.4, -0.2) is 5.33 Å². The maximum Gasteiger partial charge on any atom is 0.0212 e. The molecule has 1 aliphatic carbocycles. The lowest BCUT2D eigenvalue weighted by atomic mass is 9.98. The third-order valence-electron chi connectivity index (χ3n) is 2.45. The predicted molar refractivity (Wildman–Crippen MR) is 63.6 cm³/mol. The summed E-state index contributed by atoms with van der Waals surface area (Å²) in [6.45, 7) is 0. The van der Waals surface area contributed by atoms with Crippen molar-refractivity contribution in [3.05, 3.63) is 59.7 Å². The molecule has 1 aromatic rings. The minimum atomic E-state index is 0.529. The molecule has 1 aromatic carbocycles. The first-order valence-corrected chi connectivity index (χ1v) is 5.93. The van der Waals surface area contributed by atoms with Crippen molar-refractivity contribution in [1.82, 2.24) is 0 Å². The number of halogens is 1. The number of fused-ring (bicyclic) bond motifs is 1.